The Morgan fingerprint density at radius 2 is 2.24 bits per heavy atom. The van der Waals surface area contributed by atoms with Crippen LogP contribution in [0.25, 0.3) is 0 Å². The number of hydrogen-bond acceptors (Lipinski definition) is 3. The Morgan fingerprint density at radius 3 is 2.90 bits per heavy atom. The monoisotopic (exact) mass is 294 g/mol. The maximum atomic E-state index is 13.5. The van der Waals surface area contributed by atoms with Gasteiger partial charge in [-0.3, -0.25) is 0 Å². The number of ether oxygens (including phenoxy) is 1. The van der Waals surface area contributed by atoms with Crippen LogP contribution in [0.4, 0.5) is 10.1 Å². The van der Waals surface area contributed by atoms with Crippen molar-refractivity contribution in [3.63, 3.8) is 0 Å². The Morgan fingerprint density at radius 1 is 1.43 bits per heavy atom. The molecule has 0 amide bonds. The Kier molecular flexibility index (Phi) is 6.00. The Bertz CT molecular complexity index is 444. The normalized spacial score (nSPS) is 18.4. The molecule has 1 N–H and O–H groups in total. The van der Waals surface area contributed by atoms with Crippen LogP contribution in [0.15, 0.2) is 18.2 Å². The molecule has 0 aliphatic carbocycles. The van der Waals surface area contributed by atoms with Crippen molar-refractivity contribution in [1.29, 1.82) is 0 Å². The zero-order chi connectivity index (χ0) is 15.2. The fourth-order valence-corrected chi connectivity index (χ4v) is 2.76. The number of rotatable bonds is 7. The van der Waals surface area contributed by atoms with Crippen LogP contribution in [0.1, 0.15) is 32.3 Å². The molecule has 1 aliphatic rings. The van der Waals surface area contributed by atoms with Gasteiger partial charge >= 0.3 is 0 Å². The van der Waals surface area contributed by atoms with Crippen LogP contribution >= 0.6 is 0 Å². The van der Waals surface area contributed by atoms with Crippen LogP contribution in [-0.2, 0) is 11.3 Å². The molecule has 118 valence electrons. The molecule has 1 heterocycles. The van der Waals surface area contributed by atoms with Crippen molar-refractivity contribution in [1.82, 2.24) is 5.32 Å². The minimum Gasteiger partial charge on any atom is -0.376 e. The minimum atomic E-state index is -0.175. The first-order valence-electron chi connectivity index (χ1n) is 7.88. The molecule has 1 aliphatic heterocycles. The molecule has 0 aromatic heterocycles. The molecule has 1 unspecified atom stereocenters. The molecule has 0 saturated carbocycles. The average molecular weight is 294 g/mol. The highest BCUT2D eigenvalue weighted by Crippen LogP contribution is 2.23. The highest BCUT2D eigenvalue weighted by Gasteiger charge is 2.19. The highest BCUT2D eigenvalue weighted by atomic mass is 19.1. The molecule has 1 aromatic carbocycles. The summed E-state index contributed by atoms with van der Waals surface area (Å²) in [5.74, 6) is 0.414. The standard InChI is InChI=1S/C17H27FN2O/c1-13(2)10-19-11-14-9-15(18)6-7-17(14)20(3)12-16-5-4-8-21-16/h6-7,9,13,16,19H,4-5,8,10-12H2,1-3H3. The number of nitrogens with one attached hydrogen (secondary N) is 1. The van der Waals surface area contributed by atoms with E-state index in [1.165, 1.54) is 6.07 Å². The van der Waals surface area contributed by atoms with Crippen LogP contribution in [0.3, 0.4) is 0 Å². The Balaban J connectivity index is 2.02. The van der Waals surface area contributed by atoms with Crippen molar-refractivity contribution >= 4 is 5.69 Å². The first-order valence-corrected chi connectivity index (χ1v) is 7.88. The highest BCUT2D eigenvalue weighted by molar-refractivity contribution is 5.53. The third-order valence-corrected chi connectivity index (χ3v) is 3.82. The fraction of sp³-hybridized carbons (Fsp3) is 0.647. The summed E-state index contributed by atoms with van der Waals surface area (Å²) in [6.07, 6.45) is 2.56. The van der Waals surface area contributed by atoms with Gasteiger partial charge in [-0.1, -0.05) is 13.8 Å². The van der Waals surface area contributed by atoms with E-state index in [0.29, 0.717) is 18.6 Å². The lowest BCUT2D eigenvalue weighted by Gasteiger charge is -2.25. The van der Waals surface area contributed by atoms with Gasteiger partial charge < -0.3 is 15.0 Å². The SMILES string of the molecule is CC(C)CNCc1cc(F)ccc1N(C)CC1CCCO1. The van der Waals surface area contributed by atoms with E-state index in [9.17, 15) is 4.39 Å². The van der Waals surface area contributed by atoms with E-state index in [4.69, 9.17) is 4.74 Å². The number of hydrogen-bond donors (Lipinski definition) is 1. The van der Waals surface area contributed by atoms with Crippen molar-refractivity contribution in [3.05, 3.63) is 29.6 Å². The molecule has 1 fully saturated rings. The number of anilines is 1. The van der Waals surface area contributed by atoms with Gasteiger partial charge in [0.05, 0.1) is 6.10 Å². The lowest BCUT2D eigenvalue weighted by Crippen LogP contribution is -2.30. The van der Waals surface area contributed by atoms with Crippen molar-refractivity contribution < 1.29 is 9.13 Å². The van der Waals surface area contributed by atoms with Gasteiger partial charge in [0.25, 0.3) is 0 Å². The number of nitrogens with zero attached hydrogens (tertiary/aromatic N) is 1. The summed E-state index contributed by atoms with van der Waals surface area (Å²) in [6, 6.07) is 5.04. The summed E-state index contributed by atoms with van der Waals surface area (Å²) < 4.78 is 19.2. The maximum absolute atomic E-state index is 13.5. The van der Waals surface area contributed by atoms with Crippen molar-refractivity contribution in [2.75, 3.05) is 31.6 Å². The van der Waals surface area contributed by atoms with E-state index in [2.05, 4.69) is 31.1 Å². The molecular formula is C17H27FN2O. The molecule has 3 nitrogen and oxygen atoms in total. The second kappa shape index (κ2) is 7.76. The number of likely N-dealkylation sites (N-methyl/N-ethyl adjacent to an activating group) is 1. The van der Waals surface area contributed by atoms with Crippen LogP contribution in [0.5, 0.6) is 0 Å². The maximum Gasteiger partial charge on any atom is 0.123 e. The molecule has 1 aromatic rings. The lowest BCUT2D eigenvalue weighted by atomic mass is 10.1. The van der Waals surface area contributed by atoms with E-state index in [1.807, 2.05) is 6.07 Å². The first kappa shape index (κ1) is 16.2. The quantitative estimate of drug-likeness (QED) is 0.836. The Labute approximate surface area is 127 Å². The molecule has 0 spiro atoms. The second-order valence-electron chi connectivity index (χ2n) is 6.31. The average Bonchev–Trinajstić information content (AvgIpc) is 2.91. The third kappa shape index (κ3) is 4.97. The van der Waals surface area contributed by atoms with Crippen LogP contribution in [0, 0.1) is 11.7 Å². The summed E-state index contributed by atoms with van der Waals surface area (Å²) in [5.41, 5.74) is 2.10. The van der Waals surface area contributed by atoms with Crippen molar-refractivity contribution in [3.8, 4) is 0 Å². The van der Waals surface area contributed by atoms with Crippen molar-refractivity contribution in [2.24, 2.45) is 5.92 Å². The van der Waals surface area contributed by atoms with Crippen molar-refractivity contribution in [2.45, 2.75) is 39.3 Å². The predicted molar refractivity (Wildman–Crippen MR) is 85.2 cm³/mol. The third-order valence-electron chi connectivity index (χ3n) is 3.82. The molecule has 1 saturated heterocycles. The largest absolute Gasteiger partial charge is 0.376 e. The van der Waals surface area contributed by atoms with Gasteiger partial charge in [-0.05, 0) is 49.1 Å². The smallest absolute Gasteiger partial charge is 0.123 e. The lowest BCUT2D eigenvalue weighted by molar-refractivity contribution is 0.116. The summed E-state index contributed by atoms with van der Waals surface area (Å²) >= 11 is 0. The molecule has 0 radical (unpaired) electrons. The summed E-state index contributed by atoms with van der Waals surface area (Å²) in [7, 11) is 2.06. The summed E-state index contributed by atoms with van der Waals surface area (Å²) in [4.78, 5) is 2.18. The molecule has 4 heteroatoms. The zero-order valence-electron chi connectivity index (χ0n) is 13.4. The van der Waals surface area contributed by atoms with E-state index in [-0.39, 0.29) is 5.82 Å². The van der Waals surface area contributed by atoms with E-state index < -0.39 is 0 Å². The van der Waals surface area contributed by atoms with Gasteiger partial charge in [0.15, 0.2) is 0 Å². The number of halogens is 1. The topological polar surface area (TPSA) is 24.5 Å². The number of benzene rings is 1. The van der Waals surface area contributed by atoms with E-state index >= 15 is 0 Å². The summed E-state index contributed by atoms with van der Waals surface area (Å²) in [5, 5.41) is 3.39. The molecule has 2 rings (SSSR count). The molecule has 21 heavy (non-hydrogen) atoms. The zero-order valence-corrected chi connectivity index (χ0v) is 13.4. The summed E-state index contributed by atoms with van der Waals surface area (Å²) in [6.45, 7) is 7.70. The van der Waals surface area contributed by atoms with Gasteiger partial charge in [-0.2, -0.15) is 0 Å². The van der Waals surface area contributed by atoms with E-state index in [1.54, 1.807) is 6.07 Å². The van der Waals surface area contributed by atoms with Gasteiger partial charge in [-0.25, -0.2) is 4.39 Å². The van der Waals surface area contributed by atoms with Gasteiger partial charge in [0.1, 0.15) is 5.82 Å². The van der Waals surface area contributed by atoms with Crippen LogP contribution in [-0.4, -0.2) is 32.8 Å². The second-order valence-corrected chi connectivity index (χ2v) is 6.31. The van der Waals surface area contributed by atoms with Gasteiger partial charge in [-0.15, -0.1) is 0 Å². The van der Waals surface area contributed by atoms with Gasteiger partial charge in [0.2, 0.25) is 0 Å². The van der Waals surface area contributed by atoms with Gasteiger partial charge in [0, 0.05) is 32.4 Å². The van der Waals surface area contributed by atoms with E-state index in [0.717, 1.165) is 43.8 Å². The molecule has 1 atom stereocenters. The van der Waals surface area contributed by atoms with Crippen LogP contribution in [0.2, 0.25) is 0 Å². The molecular weight excluding hydrogens is 267 g/mol. The predicted octanol–water partition coefficient (Wildman–Crippen LogP) is 3.19. The minimum absolute atomic E-state index is 0.175. The fourth-order valence-electron chi connectivity index (χ4n) is 2.76. The van der Waals surface area contributed by atoms with Crippen LogP contribution < -0.4 is 10.2 Å². The first-order chi connectivity index (χ1) is 10.1. The Hall–Kier alpha value is -1.13. The molecule has 0 bridgehead atoms.